The first-order valence-electron chi connectivity index (χ1n) is 5.73. The maximum Gasteiger partial charge on any atom is 0.325 e. The van der Waals surface area contributed by atoms with Gasteiger partial charge in [0.1, 0.15) is 12.1 Å². The van der Waals surface area contributed by atoms with Gasteiger partial charge in [-0.25, -0.2) is 0 Å². The number of rotatable bonds is 4. The molecule has 0 aliphatic heterocycles. The third kappa shape index (κ3) is 4.55. The quantitative estimate of drug-likeness (QED) is 0.504. The van der Waals surface area contributed by atoms with Gasteiger partial charge >= 0.3 is 5.97 Å². The number of carbonyl (C=O) groups is 2. The molecule has 1 aromatic carbocycles. The van der Waals surface area contributed by atoms with Crippen molar-refractivity contribution in [3.63, 3.8) is 0 Å². The van der Waals surface area contributed by atoms with Gasteiger partial charge in [0, 0.05) is 10.0 Å². The average Bonchev–Trinajstić information content (AvgIpc) is 2.26. The van der Waals surface area contributed by atoms with Crippen LogP contribution in [0.25, 0.3) is 0 Å². The Balaban J connectivity index is 2.78. The molecule has 0 aliphatic rings. The van der Waals surface area contributed by atoms with Gasteiger partial charge in [0.2, 0.25) is 0 Å². The molecule has 0 amide bonds. The fourth-order valence-corrected chi connectivity index (χ4v) is 1.92. The lowest BCUT2D eigenvalue weighted by molar-refractivity contribution is -0.152. The molecular formula is C13H17BrN2O3. The first kappa shape index (κ1) is 15.5. The van der Waals surface area contributed by atoms with Crippen LogP contribution in [-0.2, 0) is 9.53 Å². The maximum absolute atomic E-state index is 11.6. The van der Waals surface area contributed by atoms with E-state index in [2.05, 4.69) is 21.2 Å². The second kappa shape index (κ2) is 6.06. The summed E-state index contributed by atoms with van der Waals surface area (Å²) in [6, 6.07) is 3.29. The van der Waals surface area contributed by atoms with E-state index in [-0.39, 0.29) is 6.54 Å². The van der Waals surface area contributed by atoms with Gasteiger partial charge in [0.25, 0.3) is 0 Å². The van der Waals surface area contributed by atoms with E-state index >= 15 is 0 Å². The second-order valence-electron chi connectivity index (χ2n) is 4.98. The molecule has 0 aromatic heterocycles. The molecule has 0 atom stereocenters. The molecule has 0 fully saturated rings. The molecule has 3 N–H and O–H groups in total. The smallest absolute Gasteiger partial charge is 0.325 e. The minimum Gasteiger partial charge on any atom is -0.459 e. The van der Waals surface area contributed by atoms with Gasteiger partial charge in [0.05, 0.1) is 11.4 Å². The Morgan fingerprint density at radius 2 is 2.11 bits per heavy atom. The molecule has 1 rings (SSSR count). The summed E-state index contributed by atoms with van der Waals surface area (Å²) >= 11 is 3.31. The van der Waals surface area contributed by atoms with Gasteiger partial charge in [0.15, 0.2) is 6.29 Å². The fourth-order valence-electron chi connectivity index (χ4n) is 1.43. The van der Waals surface area contributed by atoms with Crippen molar-refractivity contribution < 1.29 is 14.3 Å². The van der Waals surface area contributed by atoms with Crippen LogP contribution in [-0.4, -0.2) is 24.4 Å². The van der Waals surface area contributed by atoms with Crippen molar-refractivity contribution in [2.24, 2.45) is 0 Å². The van der Waals surface area contributed by atoms with Crippen molar-refractivity contribution in [3.05, 3.63) is 22.2 Å². The van der Waals surface area contributed by atoms with Crippen LogP contribution in [0.15, 0.2) is 16.6 Å². The molecule has 0 spiro atoms. The highest BCUT2D eigenvalue weighted by Gasteiger charge is 2.17. The van der Waals surface area contributed by atoms with E-state index in [1.807, 2.05) is 0 Å². The zero-order valence-electron chi connectivity index (χ0n) is 11.1. The van der Waals surface area contributed by atoms with Gasteiger partial charge in [-0.05, 0) is 48.8 Å². The number of nitrogen functional groups attached to an aromatic ring is 1. The fraction of sp³-hybridized carbons (Fsp3) is 0.385. The first-order chi connectivity index (χ1) is 8.74. The van der Waals surface area contributed by atoms with Crippen LogP contribution in [0.5, 0.6) is 0 Å². The van der Waals surface area contributed by atoms with Crippen LogP contribution in [0.4, 0.5) is 11.4 Å². The van der Waals surface area contributed by atoms with Crippen LogP contribution >= 0.6 is 15.9 Å². The minimum atomic E-state index is -0.536. The summed E-state index contributed by atoms with van der Waals surface area (Å²) in [7, 11) is 0. The molecule has 1 aromatic rings. The lowest BCUT2D eigenvalue weighted by atomic mass is 10.1. The summed E-state index contributed by atoms with van der Waals surface area (Å²) in [6.45, 7) is 5.36. The van der Waals surface area contributed by atoms with Gasteiger partial charge in [-0.1, -0.05) is 0 Å². The number of hydrogen-bond donors (Lipinski definition) is 2. The molecule has 0 saturated heterocycles. The summed E-state index contributed by atoms with van der Waals surface area (Å²) in [5.74, 6) is -0.393. The standard InChI is InChI=1S/C13H17BrN2O3/c1-13(2,3)19-10(18)6-16-12-9(14)5-4-8(7-17)11(12)15/h4-5,7,16H,6,15H2,1-3H3. The van der Waals surface area contributed by atoms with Gasteiger partial charge < -0.3 is 15.8 Å². The lowest BCUT2D eigenvalue weighted by Crippen LogP contribution is -2.28. The second-order valence-corrected chi connectivity index (χ2v) is 5.84. The summed E-state index contributed by atoms with van der Waals surface area (Å²) in [5.41, 5.74) is 6.48. The van der Waals surface area contributed by atoms with Crippen LogP contribution in [0.1, 0.15) is 31.1 Å². The Labute approximate surface area is 120 Å². The normalized spacial score (nSPS) is 10.9. The molecule has 6 heteroatoms. The third-order valence-corrected chi connectivity index (χ3v) is 2.85. The Kier molecular flexibility index (Phi) is 4.94. The Morgan fingerprint density at radius 1 is 1.47 bits per heavy atom. The summed E-state index contributed by atoms with van der Waals surface area (Å²) in [4.78, 5) is 22.4. The average molecular weight is 329 g/mol. The third-order valence-electron chi connectivity index (χ3n) is 2.18. The van der Waals surface area contributed by atoms with Gasteiger partial charge in [-0.3, -0.25) is 9.59 Å². The number of nitrogens with one attached hydrogen (secondary N) is 1. The number of carbonyl (C=O) groups excluding carboxylic acids is 2. The number of esters is 1. The van der Waals surface area contributed by atoms with E-state index in [0.29, 0.717) is 27.7 Å². The SMILES string of the molecule is CC(C)(C)OC(=O)CNc1c(Br)ccc(C=O)c1N. The molecule has 104 valence electrons. The minimum absolute atomic E-state index is 0.0254. The number of aldehydes is 1. The van der Waals surface area contributed by atoms with Gasteiger partial charge in [-0.15, -0.1) is 0 Å². The van der Waals surface area contributed by atoms with Crippen molar-refractivity contribution in [2.75, 3.05) is 17.6 Å². The molecular weight excluding hydrogens is 312 g/mol. The number of ether oxygens (including phenoxy) is 1. The number of benzene rings is 1. The van der Waals surface area contributed by atoms with Crippen molar-refractivity contribution >= 4 is 39.6 Å². The van der Waals surface area contributed by atoms with Crippen LogP contribution in [0, 0.1) is 0 Å². The number of nitrogens with two attached hydrogens (primary N) is 1. The van der Waals surface area contributed by atoms with Gasteiger partial charge in [-0.2, -0.15) is 0 Å². The molecule has 0 heterocycles. The molecule has 0 radical (unpaired) electrons. The highest BCUT2D eigenvalue weighted by molar-refractivity contribution is 9.10. The predicted octanol–water partition coefficient (Wildman–Crippen LogP) is 2.60. The predicted molar refractivity (Wildman–Crippen MR) is 78.3 cm³/mol. The molecule has 0 aliphatic carbocycles. The molecule has 0 saturated carbocycles. The highest BCUT2D eigenvalue weighted by atomic mass is 79.9. The highest BCUT2D eigenvalue weighted by Crippen LogP contribution is 2.30. The summed E-state index contributed by atoms with van der Waals surface area (Å²) < 4.78 is 5.85. The van der Waals surface area contributed by atoms with E-state index in [4.69, 9.17) is 10.5 Å². The number of anilines is 2. The van der Waals surface area contributed by atoms with E-state index in [1.165, 1.54) is 0 Å². The van der Waals surface area contributed by atoms with Crippen LogP contribution in [0.3, 0.4) is 0 Å². The van der Waals surface area contributed by atoms with E-state index < -0.39 is 11.6 Å². The van der Waals surface area contributed by atoms with Crippen molar-refractivity contribution in [1.82, 2.24) is 0 Å². The molecule has 19 heavy (non-hydrogen) atoms. The summed E-state index contributed by atoms with van der Waals surface area (Å²) in [5, 5.41) is 2.87. The maximum atomic E-state index is 11.6. The summed E-state index contributed by atoms with van der Waals surface area (Å²) in [6.07, 6.45) is 0.667. The number of hydrogen-bond acceptors (Lipinski definition) is 5. The monoisotopic (exact) mass is 328 g/mol. The lowest BCUT2D eigenvalue weighted by Gasteiger charge is -2.20. The van der Waals surface area contributed by atoms with Crippen LogP contribution < -0.4 is 11.1 Å². The Hall–Kier alpha value is -1.56. The Bertz CT molecular complexity index is 495. The molecule has 5 nitrogen and oxygen atoms in total. The molecule has 0 bridgehead atoms. The van der Waals surface area contributed by atoms with Crippen molar-refractivity contribution in [3.8, 4) is 0 Å². The van der Waals surface area contributed by atoms with E-state index in [9.17, 15) is 9.59 Å². The van der Waals surface area contributed by atoms with Crippen molar-refractivity contribution in [1.29, 1.82) is 0 Å². The molecule has 0 unspecified atom stereocenters. The van der Waals surface area contributed by atoms with E-state index in [0.717, 1.165) is 0 Å². The van der Waals surface area contributed by atoms with Crippen molar-refractivity contribution in [2.45, 2.75) is 26.4 Å². The zero-order valence-corrected chi connectivity index (χ0v) is 12.7. The zero-order chi connectivity index (χ0) is 14.6. The van der Waals surface area contributed by atoms with Crippen LogP contribution in [0.2, 0.25) is 0 Å². The van der Waals surface area contributed by atoms with E-state index in [1.54, 1.807) is 32.9 Å². The first-order valence-corrected chi connectivity index (χ1v) is 6.53. The Morgan fingerprint density at radius 3 is 2.63 bits per heavy atom. The largest absolute Gasteiger partial charge is 0.459 e. The topological polar surface area (TPSA) is 81.4 Å². The number of halogens is 1.